The van der Waals surface area contributed by atoms with Gasteiger partial charge in [0.05, 0.1) is 7.11 Å². The van der Waals surface area contributed by atoms with Crippen LogP contribution in [0.5, 0.6) is 5.75 Å². The van der Waals surface area contributed by atoms with Crippen LogP contribution in [0.4, 0.5) is 0 Å². The maximum Gasteiger partial charge on any atom is 0.326 e. The van der Waals surface area contributed by atoms with Crippen LogP contribution >= 0.6 is 0 Å². The summed E-state index contributed by atoms with van der Waals surface area (Å²) in [5.74, 6) is -0.974. The van der Waals surface area contributed by atoms with Crippen molar-refractivity contribution in [1.82, 2.24) is 4.90 Å². The third kappa shape index (κ3) is 5.67. The fraction of sp³-hybridized carbons (Fsp3) is 0.286. The number of nitrogens with zero attached hydrogens (tertiary/aromatic N) is 1. The average molecular weight is 369 g/mol. The molecule has 0 radical (unpaired) electrons. The van der Waals surface area contributed by atoms with Crippen molar-refractivity contribution in [1.29, 1.82) is 0 Å². The Labute approximate surface area is 158 Å². The SMILES string of the molecule is COc1ccc(C(=O)CCC(=O)N(C)C(Cc2ccccc2)C(=O)O)cc1. The minimum atomic E-state index is -1.07. The van der Waals surface area contributed by atoms with Crippen molar-refractivity contribution in [3.8, 4) is 5.75 Å². The van der Waals surface area contributed by atoms with Gasteiger partial charge >= 0.3 is 5.97 Å². The first-order valence-corrected chi connectivity index (χ1v) is 8.62. The van der Waals surface area contributed by atoms with E-state index in [2.05, 4.69) is 0 Å². The lowest BCUT2D eigenvalue weighted by molar-refractivity contribution is -0.148. The number of rotatable bonds is 9. The van der Waals surface area contributed by atoms with Crippen LogP contribution in [0.25, 0.3) is 0 Å². The fourth-order valence-electron chi connectivity index (χ4n) is 2.72. The van der Waals surface area contributed by atoms with Crippen molar-refractivity contribution in [3.05, 3.63) is 65.7 Å². The second kappa shape index (κ2) is 9.52. The zero-order valence-corrected chi connectivity index (χ0v) is 15.4. The van der Waals surface area contributed by atoms with Crippen molar-refractivity contribution in [2.75, 3.05) is 14.2 Å². The summed E-state index contributed by atoms with van der Waals surface area (Å²) in [6.07, 6.45) is 0.192. The molecular formula is C21H23NO5. The first kappa shape index (κ1) is 20.2. The number of Topliss-reactive ketones (excluding diaryl/α,β-unsaturated/α-hetero) is 1. The van der Waals surface area contributed by atoms with Crippen LogP contribution in [0, 0.1) is 0 Å². The van der Waals surface area contributed by atoms with Crippen LogP contribution in [0.3, 0.4) is 0 Å². The van der Waals surface area contributed by atoms with Gasteiger partial charge in [-0.2, -0.15) is 0 Å². The first-order valence-electron chi connectivity index (χ1n) is 8.62. The Morgan fingerprint density at radius 1 is 1.00 bits per heavy atom. The molecule has 0 aliphatic carbocycles. The van der Waals surface area contributed by atoms with Crippen LogP contribution < -0.4 is 4.74 Å². The monoisotopic (exact) mass is 369 g/mol. The molecule has 0 heterocycles. The van der Waals surface area contributed by atoms with Crippen molar-refractivity contribution in [2.24, 2.45) is 0 Å². The molecule has 0 bridgehead atoms. The molecule has 1 unspecified atom stereocenters. The summed E-state index contributed by atoms with van der Waals surface area (Å²) in [6, 6.07) is 14.8. The summed E-state index contributed by atoms with van der Waals surface area (Å²) in [7, 11) is 3.00. The van der Waals surface area contributed by atoms with Gasteiger partial charge in [0.1, 0.15) is 11.8 Å². The Bertz CT molecular complexity index is 786. The predicted molar refractivity (Wildman–Crippen MR) is 101 cm³/mol. The lowest BCUT2D eigenvalue weighted by atomic mass is 10.0. The van der Waals surface area contributed by atoms with Gasteiger partial charge in [0.2, 0.25) is 5.91 Å². The molecule has 0 aliphatic rings. The highest BCUT2D eigenvalue weighted by Crippen LogP contribution is 2.15. The molecule has 1 amide bonds. The molecule has 2 aromatic rings. The van der Waals surface area contributed by atoms with Gasteiger partial charge in [-0.1, -0.05) is 30.3 Å². The van der Waals surface area contributed by atoms with Crippen LogP contribution in [-0.4, -0.2) is 47.9 Å². The van der Waals surface area contributed by atoms with Gasteiger partial charge in [-0.25, -0.2) is 4.79 Å². The van der Waals surface area contributed by atoms with Gasteiger partial charge in [-0.15, -0.1) is 0 Å². The first-order chi connectivity index (χ1) is 12.9. The van der Waals surface area contributed by atoms with E-state index in [9.17, 15) is 19.5 Å². The van der Waals surface area contributed by atoms with E-state index in [1.807, 2.05) is 30.3 Å². The quantitative estimate of drug-likeness (QED) is 0.687. The predicted octanol–water partition coefficient (Wildman–Crippen LogP) is 2.81. The number of carbonyl (C=O) groups is 3. The molecule has 27 heavy (non-hydrogen) atoms. The highest BCUT2D eigenvalue weighted by molar-refractivity contribution is 5.98. The maximum atomic E-state index is 12.4. The number of methoxy groups -OCH3 is 1. The molecule has 0 fully saturated rings. The molecule has 1 atom stereocenters. The standard InChI is InChI=1S/C21H23NO5/c1-22(18(21(25)26)14-15-6-4-3-5-7-15)20(24)13-12-19(23)16-8-10-17(27-2)11-9-16/h3-11,18H,12-14H2,1-2H3,(H,25,26). The number of carboxylic acid groups (broad SMARTS) is 1. The van der Waals surface area contributed by atoms with E-state index in [-0.39, 0.29) is 31.0 Å². The van der Waals surface area contributed by atoms with Crippen LogP contribution in [0.15, 0.2) is 54.6 Å². The fourth-order valence-corrected chi connectivity index (χ4v) is 2.72. The molecule has 0 spiro atoms. The number of benzene rings is 2. The number of hydrogen-bond acceptors (Lipinski definition) is 4. The number of ketones is 1. The number of carboxylic acids is 1. The van der Waals surface area contributed by atoms with E-state index in [0.29, 0.717) is 11.3 Å². The van der Waals surface area contributed by atoms with E-state index in [1.54, 1.807) is 31.4 Å². The van der Waals surface area contributed by atoms with Crippen LogP contribution in [0.2, 0.25) is 0 Å². The molecule has 2 aromatic carbocycles. The third-order valence-electron chi connectivity index (χ3n) is 4.40. The highest BCUT2D eigenvalue weighted by Gasteiger charge is 2.27. The highest BCUT2D eigenvalue weighted by atomic mass is 16.5. The van der Waals surface area contributed by atoms with Crippen LogP contribution in [-0.2, 0) is 16.0 Å². The number of aliphatic carboxylic acids is 1. The maximum absolute atomic E-state index is 12.4. The Hall–Kier alpha value is -3.15. The van der Waals surface area contributed by atoms with Crippen LogP contribution in [0.1, 0.15) is 28.8 Å². The summed E-state index contributed by atoms with van der Waals surface area (Å²) in [5.41, 5.74) is 1.32. The molecule has 1 N–H and O–H groups in total. The molecule has 0 aromatic heterocycles. The van der Waals surface area contributed by atoms with E-state index >= 15 is 0 Å². The zero-order valence-electron chi connectivity index (χ0n) is 15.4. The van der Waals surface area contributed by atoms with Gasteiger partial charge in [0.15, 0.2) is 5.78 Å². The van der Waals surface area contributed by atoms with Gasteiger partial charge in [0.25, 0.3) is 0 Å². The molecule has 0 saturated heterocycles. The Morgan fingerprint density at radius 3 is 2.19 bits per heavy atom. The Kier molecular flexibility index (Phi) is 7.11. The third-order valence-corrected chi connectivity index (χ3v) is 4.40. The topological polar surface area (TPSA) is 83.9 Å². The van der Waals surface area contributed by atoms with Crippen molar-refractivity contribution < 1.29 is 24.2 Å². The lowest BCUT2D eigenvalue weighted by Gasteiger charge is -2.25. The van der Waals surface area contributed by atoms with E-state index in [0.717, 1.165) is 5.56 Å². The molecule has 142 valence electrons. The molecule has 6 heteroatoms. The second-order valence-corrected chi connectivity index (χ2v) is 6.20. The number of likely N-dealkylation sites (N-methyl/N-ethyl adjacent to an activating group) is 1. The Balaban J connectivity index is 1.95. The molecular weight excluding hydrogens is 346 g/mol. The van der Waals surface area contributed by atoms with E-state index in [1.165, 1.54) is 11.9 Å². The summed E-state index contributed by atoms with van der Waals surface area (Å²) < 4.78 is 5.05. The minimum absolute atomic E-state index is 0.0210. The normalized spacial score (nSPS) is 11.5. The summed E-state index contributed by atoms with van der Waals surface area (Å²) in [6.45, 7) is 0. The van der Waals surface area contributed by atoms with E-state index in [4.69, 9.17) is 4.74 Å². The summed E-state index contributed by atoms with van der Waals surface area (Å²) in [4.78, 5) is 37.4. The number of amides is 1. The smallest absolute Gasteiger partial charge is 0.326 e. The van der Waals surface area contributed by atoms with Crippen molar-refractivity contribution >= 4 is 17.7 Å². The molecule has 0 aliphatic heterocycles. The average Bonchev–Trinajstić information content (AvgIpc) is 2.70. The van der Waals surface area contributed by atoms with Gasteiger partial charge in [-0.05, 0) is 29.8 Å². The summed E-state index contributed by atoms with van der Waals surface area (Å²) in [5, 5.41) is 9.49. The van der Waals surface area contributed by atoms with E-state index < -0.39 is 12.0 Å². The number of hydrogen-bond donors (Lipinski definition) is 1. The second-order valence-electron chi connectivity index (χ2n) is 6.20. The largest absolute Gasteiger partial charge is 0.497 e. The zero-order chi connectivity index (χ0) is 19.8. The van der Waals surface area contributed by atoms with Gasteiger partial charge in [0, 0.05) is 31.9 Å². The molecule has 0 saturated carbocycles. The number of carbonyl (C=O) groups excluding carboxylic acids is 2. The molecule has 2 rings (SSSR count). The number of ether oxygens (including phenoxy) is 1. The van der Waals surface area contributed by atoms with Crippen molar-refractivity contribution in [3.63, 3.8) is 0 Å². The van der Waals surface area contributed by atoms with Crippen molar-refractivity contribution in [2.45, 2.75) is 25.3 Å². The molecule has 6 nitrogen and oxygen atoms in total. The lowest BCUT2D eigenvalue weighted by Crippen LogP contribution is -2.43. The van der Waals surface area contributed by atoms with Gasteiger partial charge < -0.3 is 14.7 Å². The summed E-state index contributed by atoms with van der Waals surface area (Å²) >= 11 is 0. The minimum Gasteiger partial charge on any atom is -0.497 e. The van der Waals surface area contributed by atoms with Gasteiger partial charge in [-0.3, -0.25) is 9.59 Å². The Morgan fingerprint density at radius 2 is 1.63 bits per heavy atom.